The molecule has 1 aromatic heterocycles. The van der Waals surface area contributed by atoms with Gasteiger partial charge in [0.1, 0.15) is 12.4 Å². The molecule has 1 heterocycles. The monoisotopic (exact) mass is 290 g/mol. The summed E-state index contributed by atoms with van der Waals surface area (Å²) in [6.07, 6.45) is 1.03. The molecule has 0 saturated carbocycles. The van der Waals surface area contributed by atoms with E-state index in [1.165, 1.54) is 10.4 Å². The fourth-order valence-corrected chi connectivity index (χ4v) is 2.69. The number of hydrogen-bond acceptors (Lipinski definition) is 4. The van der Waals surface area contributed by atoms with Crippen LogP contribution in [0.4, 0.5) is 0 Å². The van der Waals surface area contributed by atoms with E-state index in [0.29, 0.717) is 12.6 Å². The van der Waals surface area contributed by atoms with Crippen LogP contribution in [0.5, 0.6) is 5.75 Å². The van der Waals surface area contributed by atoms with Gasteiger partial charge >= 0.3 is 0 Å². The van der Waals surface area contributed by atoms with E-state index in [4.69, 9.17) is 4.74 Å². The largest absolute Gasteiger partial charge is 0.492 e. The second-order valence-electron chi connectivity index (χ2n) is 5.09. The number of benzene rings is 1. The summed E-state index contributed by atoms with van der Waals surface area (Å²) in [7, 11) is 0. The highest BCUT2D eigenvalue weighted by atomic mass is 32.1. The average molecular weight is 290 g/mol. The van der Waals surface area contributed by atoms with Gasteiger partial charge in [-0.25, -0.2) is 4.98 Å². The van der Waals surface area contributed by atoms with Crippen molar-refractivity contribution in [3.05, 3.63) is 45.9 Å². The molecule has 3 nitrogen and oxygen atoms in total. The Bertz CT molecular complexity index is 522. The van der Waals surface area contributed by atoms with Crippen LogP contribution in [-0.4, -0.2) is 24.2 Å². The first kappa shape index (κ1) is 15.0. The summed E-state index contributed by atoms with van der Waals surface area (Å²) >= 11 is 1.73. The van der Waals surface area contributed by atoms with E-state index in [9.17, 15) is 0 Å². The summed E-state index contributed by atoms with van der Waals surface area (Å²) in [6.45, 7) is 7.94. The first-order chi connectivity index (χ1) is 9.65. The van der Waals surface area contributed by atoms with Crippen molar-refractivity contribution in [1.29, 1.82) is 0 Å². The lowest BCUT2D eigenvalue weighted by atomic mass is 10.2. The van der Waals surface area contributed by atoms with E-state index in [2.05, 4.69) is 43.2 Å². The summed E-state index contributed by atoms with van der Waals surface area (Å²) in [6, 6.07) is 8.51. The number of aryl methyl sites for hydroxylation is 2. The highest BCUT2D eigenvalue weighted by molar-refractivity contribution is 7.09. The second-order valence-corrected chi connectivity index (χ2v) is 6.03. The maximum atomic E-state index is 5.76. The van der Waals surface area contributed by atoms with Crippen LogP contribution >= 0.6 is 11.3 Å². The molecule has 1 aromatic carbocycles. The Labute approximate surface area is 125 Å². The van der Waals surface area contributed by atoms with Crippen molar-refractivity contribution in [3.8, 4) is 5.75 Å². The Morgan fingerprint density at radius 2 is 2.00 bits per heavy atom. The van der Waals surface area contributed by atoms with E-state index < -0.39 is 0 Å². The Balaban J connectivity index is 1.66. The predicted molar refractivity (Wildman–Crippen MR) is 84.7 cm³/mol. The van der Waals surface area contributed by atoms with Gasteiger partial charge in [-0.3, -0.25) is 0 Å². The molecule has 20 heavy (non-hydrogen) atoms. The van der Waals surface area contributed by atoms with Crippen LogP contribution in [0.2, 0.25) is 0 Å². The van der Waals surface area contributed by atoms with Gasteiger partial charge in [-0.05, 0) is 39.3 Å². The van der Waals surface area contributed by atoms with E-state index in [0.717, 1.165) is 24.4 Å². The van der Waals surface area contributed by atoms with Crippen LogP contribution in [0.15, 0.2) is 29.8 Å². The quantitative estimate of drug-likeness (QED) is 0.849. The molecule has 108 valence electrons. The number of thiazole rings is 1. The van der Waals surface area contributed by atoms with Gasteiger partial charge in [0.15, 0.2) is 0 Å². The van der Waals surface area contributed by atoms with Crippen molar-refractivity contribution >= 4 is 11.3 Å². The second kappa shape index (κ2) is 7.41. The van der Waals surface area contributed by atoms with Crippen LogP contribution in [-0.2, 0) is 6.42 Å². The number of rotatable bonds is 7. The van der Waals surface area contributed by atoms with Crippen LogP contribution in [0.3, 0.4) is 0 Å². The van der Waals surface area contributed by atoms with Crippen LogP contribution in [0.1, 0.15) is 23.1 Å². The van der Waals surface area contributed by atoms with Gasteiger partial charge in [0.2, 0.25) is 0 Å². The molecule has 0 saturated heterocycles. The van der Waals surface area contributed by atoms with Crippen LogP contribution in [0, 0.1) is 13.8 Å². The maximum Gasteiger partial charge on any atom is 0.119 e. The minimum Gasteiger partial charge on any atom is -0.492 e. The molecule has 1 unspecified atom stereocenters. The molecule has 0 aliphatic carbocycles. The molecule has 0 aliphatic rings. The van der Waals surface area contributed by atoms with Gasteiger partial charge in [0.25, 0.3) is 0 Å². The molecule has 2 rings (SSSR count). The lowest BCUT2D eigenvalue weighted by Crippen LogP contribution is -2.33. The van der Waals surface area contributed by atoms with E-state index in [1.54, 1.807) is 11.3 Å². The van der Waals surface area contributed by atoms with Crippen molar-refractivity contribution in [2.24, 2.45) is 0 Å². The Morgan fingerprint density at radius 1 is 1.25 bits per heavy atom. The van der Waals surface area contributed by atoms with Crippen LogP contribution < -0.4 is 10.1 Å². The highest BCUT2D eigenvalue weighted by Gasteiger charge is 2.05. The fraction of sp³-hybridized carbons (Fsp3) is 0.438. The van der Waals surface area contributed by atoms with Crippen molar-refractivity contribution in [1.82, 2.24) is 10.3 Å². The molecule has 0 radical (unpaired) electrons. The third-order valence-corrected chi connectivity index (χ3v) is 4.21. The fourth-order valence-electron chi connectivity index (χ4n) is 1.91. The molecule has 0 bridgehead atoms. The normalized spacial score (nSPS) is 12.3. The molecular weight excluding hydrogens is 268 g/mol. The van der Waals surface area contributed by atoms with Crippen LogP contribution in [0.25, 0.3) is 0 Å². The number of nitrogens with zero attached hydrogens (tertiary/aromatic N) is 1. The van der Waals surface area contributed by atoms with Gasteiger partial charge in [-0.15, -0.1) is 11.3 Å². The lowest BCUT2D eigenvalue weighted by Gasteiger charge is -2.15. The van der Waals surface area contributed by atoms with E-state index >= 15 is 0 Å². The number of ether oxygens (including phenoxy) is 1. The smallest absolute Gasteiger partial charge is 0.119 e. The zero-order valence-corrected chi connectivity index (χ0v) is 13.2. The molecular formula is C16H22N2OS. The Morgan fingerprint density at radius 3 is 2.65 bits per heavy atom. The summed E-state index contributed by atoms with van der Waals surface area (Å²) in [5, 5.41) is 3.48. The number of hydrogen-bond donors (Lipinski definition) is 1. The number of nitrogens with one attached hydrogen (secondary N) is 1. The van der Waals surface area contributed by atoms with Crippen molar-refractivity contribution in [3.63, 3.8) is 0 Å². The maximum absolute atomic E-state index is 5.76. The van der Waals surface area contributed by atoms with E-state index in [1.807, 2.05) is 17.6 Å². The molecule has 1 atom stereocenters. The molecule has 0 amide bonds. The van der Waals surface area contributed by atoms with Crippen molar-refractivity contribution < 1.29 is 4.74 Å². The average Bonchev–Trinajstić information content (AvgIpc) is 2.84. The zero-order valence-electron chi connectivity index (χ0n) is 12.3. The molecule has 4 heteroatoms. The van der Waals surface area contributed by atoms with Crippen molar-refractivity contribution in [2.75, 3.05) is 13.2 Å². The summed E-state index contributed by atoms with van der Waals surface area (Å²) in [5.41, 5.74) is 4.32. The summed E-state index contributed by atoms with van der Waals surface area (Å²) in [4.78, 5) is 5.63. The summed E-state index contributed by atoms with van der Waals surface area (Å²) in [5.74, 6) is 0.933. The third-order valence-electron chi connectivity index (χ3n) is 3.21. The van der Waals surface area contributed by atoms with Gasteiger partial charge in [0.05, 0.1) is 11.2 Å². The Hall–Kier alpha value is -1.39. The van der Waals surface area contributed by atoms with E-state index in [-0.39, 0.29) is 0 Å². The van der Waals surface area contributed by atoms with Crippen molar-refractivity contribution in [2.45, 2.75) is 33.2 Å². The minimum atomic E-state index is 0.338. The lowest BCUT2D eigenvalue weighted by molar-refractivity contribution is 0.274. The molecule has 0 fully saturated rings. The topological polar surface area (TPSA) is 34.1 Å². The molecule has 0 spiro atoms. The predicted octanol–water partition coefficient (Wildman–Crippen LogP) is 3.36. The molecule has 0 aliphatic heterocycles. The van der Waals surface area contributed by atoms with Gasteiger partial charge in [0, 0.05) is 17.5 Å². The number of aromatic nitrogens is 1. The Kier molecular flexibility index (Phi) is 5.56. The molecule has 1 N–H and O–H groups in total. The van der Waals surface area contributed by atoms with Gasteiger partial charge in [-0.1, -0.05) is 17.7 Å². The van der Waals surface area contributed by atoms with Gasteiger partial charge < -0.3 is 10.1 Å². The molecule has 2 aromatic rings. The third kappa shape index (κ3) is 4.62. The minimum absolute atomic E-state index is 0.338. The van der Waals surface area contributed by atoms with Gasteiger partial charge in [-0.2, -0.15) is 0 Å². The SMILES string of the molecule is Cc1ccc(OCC(C)NCCc2scnc2C)cc1. The summed E-state index contributed by atoms with van der Waals surface area (Å²) < 4.78 is 5.76. The first-order valence-corrected chi connectivity index (χ1v) is 7.85. The highest BCUT2D eigenvalue weighted by Crippen LogP contribution is 2.13. The zero-order chi connectivity index (χ0) is 14.4. The first-order valence-electron chi connectivity index (χ1n) is 6.97. The standard InChI is InChI=1S/C16H22N2OS/c1-12-4-6-15(7-5-12)19-10-13(2)17-9-8-16-14(3)18-11-20-16/h4-7,11,13,17H,8-10H2,1-3H3.